The lowest BCUT2D eigenvalue weighted by molar-refractivity contribution is 0.0690. The van der Waals surface area contributed by atoms with E-state index in [0.29, 0.717) is 6.42 Å². The van der Waals surface area contributed by atoms with E-state index >= 15 is 0 Å². The Kier molecular flexibility index (Phi) is 3.05. The molecule has 16 heavy (non-hydrogen) atoms. The van der Waals surface area contributed by atoms with Gasteiger partial charge < -0.3 is 5.11 Å². The third kappa shape index (κ3) is 2.49. The molecular formula is C11H9BrN2O2. The molecule has 0 radical (unpaired) electrons. The third-order valence-corrected chi connectivity index (χ3v) is 2.69. The topological polar surface area (TPSA) is 66.0 Å². The summed E-state index contributed by atoms with van der Waals surface area (Å²) in [4.78, 5) is 10.6. The van der Waals surface area contributed by atoms with E-state index in [1.54, 1.807) is 6.07 Å². The summed E-state index contributed by atoms with van der Waals surface area (Å²) >= 11 is 3.36. The number of rotatable bonds is 3. The van der Waals surface area contributed by atoms with Crippen molar-refractivity contribution in [3.05, 3.63) is 51.8 Å². The van der Waals surface area contributed by atoms with Crippen LogP contribution in [0.1, 0.15) is 21.7 Å². The maximum Gasteiger partial charge on any atom is 0.356 e. The Morgan fingerprint density at radius 2 is 2.06 bits per heavy atom. The average Bonchev–Trinajstić information content (AvgIpc) is 2.70. The molecule has 0 unspecified atom stereocenters. The number of aromatic amines is 1. The number of carboxylic acids is 1. The van der Waals surface area contributed by atoms with E-state index in [9.17, 15) is 4.79 Å². The zero-order valence-electron chi connectivity index (χ0n) is 8.27. The first kappa shape index (κ1) is 10.9. The van der Waals surface area contributed by atoms with E-state index in [-0.39, 0.29) is 5.69 Å². The molecule has 0 bridgehead atoms. The Labute approximate surface area is 100 Å². The molecule has 2 N–H and O–H groups in total. The first-order valence-electron chi connectivity index (χ1n) is 4.67. The monoisotopic (exact) mass is 280 g/mol. The number of hydrogen-bond acceptors (Lipinski definition) is 2. The Bertz CT molecular complexity index is 505. The average molecular weight is 281 g/mol. The Hall–Kier alpha value is -1.62. The van der Waals surface area contributed by atoms with Crippen molar-refractivity contribution in [1.29, 1.82) is 0 Å². The lowest BCUT2D eigenvalue weighted by Gasteiger charge is -1.98. The zero-order chi connectivity index (χ0) is 11.5. The highest BCUT2D eigenvalue weighted by atomic mass is 79.9. The van der Waals surface area contributed by atoms with Gasteiger partial charge in [0.1, 0.15) is 0 Å². The van der Waals surface area contributed by atoms with Crippen molar-refractivity contribution in [2.45, 2.75) is 6.42 Å². The van der Waals surface area contributed by atoms with Gasteiger partial charge in [0.05, 0.1) is 0 Å². The quantitative estimate of drug-likeness (QED) is 0.908. The third-order valence-electron chi connectivity index (χ3n) is 2.16. The molecule has 1 aromatic carbocycles. The number of benzene rings is 1. The van der Waals surface area contributed by atoms with E-state index in [1.807, 2.05) is 24.3 Å². The van der Waals surface area contributed by atoms with Gasteiger partial charge >= 0.3 is 5.97 Å². The molecule has 0 amide bonds. The summed E-state index contributed by atoms with van der Waals surface area (Å²) < 4.78 is 1.02. The summed E-state index contributed by atoms with van der Waals surface area (Å²) in [5, 5.41) is 15.1. The van der Waals surface area contributed by atoms with Gasteiger partial charge in [0.25, 0.3) is 0 Å². The van der Waals surface area contributed by atoms with Crippen molar-refractivity contribution in [2.75, 3.05) is 0 Å². The van der Waals surface area contributed by atoms with Gasteiger partial charge in [0, 0.05) is 16.6 Å². The standard InChI is InChI=1S/C11H9BrN2O2/c12-8-3-1-7(2-4-8)5-9-6-10(11(15)16)14-13-9/h1-4,6H,5H2,(H,13,14)(H,15,16). The van der Waals surface area contributed by atoms with Crippen molar-refractivity contribution in [3.63, 3.8) is 0 Å². The molecule has 5 heteroatoms. The van der Waals surface area contributed by atoms with Crippen LogP contribution in [-0.4, -0.2) is 21.3 Å². The number of H-pyrrole nitrogens is 1. The Balaban J connectivity index is 2.14. The largest absolute Gasteiger partial charge is 0.476 e. The molecule has 4 nitrogen and oxygen atoms in total. The molecule has 0 aliphatic rings. The molecule has 0 spiro atoms. The second kappa shape index (κ2) is 4.49. The lowest BCUT2D eigenvalue weighted by Crippen LogP contribution is -1.95. The molecule has 0 aliphatic heterocycles. The summed E-state index contributed by atoms with van der Waals surface area (Å²) in [7, 11) is 0. The van der Waals surface area contributed by atoms with E-state index in [2.05, 4.69) is 26.1 Å². The molecule has 1 aromatic heterocycles. The number of nitrogens with one attached hydrogen (secondary N) is 1. The van der Waals surface area contributed by atoms with E-state index in [0.717, 1.165) is 15.7 Å². The van der Waals surface area contributed by atoms with Gasteiger partial charge in [-0.25, -0.2) is 4.79 Å². The number of carbonyl (C=O) groups is 1. The molecule has 0 saturated heterocycles. The number of hydrogen-bond donors (Lipinski definition) is 2. The van der Waals surface area contributed by atoms with E-state index < -0.39 is 5.97 Å². The van der Waals surface area contributed by atoms with Crippen LogP contribution in [0.15, 0.2) is 34.8 Å². The predicted molar refractivity (Wildman–Crippen MR) is 62.5 cm³/mol. The van der Waals surface area contributed by atoms with Gasteiger partial charge in [-0.1, -0.05) is 28.1 Å². The zero-order valence-corrected chi connectivity index (χ0v) is 9.86. The molecule has 82 valence electrons. The van der Waals surface area contributed by atoms with Crippen LogP contribution in [0.25, 0.3) is 0 Å². The minimum atomic E-state index is -1.02. The SMILES string of the molecule is O=C(O)c1cc(Cc2ccc(Br)cc2)[nH]n1. The second-order valence-electron chi connectivity index (χ2n) is 3.39. The fourth-order valence-electron chi connectivity index (χ4n) is 1.38. The van der Waals surface area contributed by atoms with Crippen LogP contribution in [0.4, 0.5) is 0 Å². The van der Waals surface area contributed by atoms with Gasteiger partial charge in [-0.2, -0.15) is 5.10 Å². The molecule has 1 heterocycles. The summed E-state index contributed by atoms with van der Waals surface area (Å²) in [6.07, 6.45) is 0.646. The fraction of sp³-hybridized carbons (Fsp3) is 0.0909. The van der Waals surface area contributed by atoms with Gasteiger partial charge in [-0.15, -0.1) is 0 Å². The van der Waals surface area contributed by atoms with Crippen LogP contribution < -0.4 is 0 Å². The van der Waals surface area contributed by atoms with Gasteiger partial charge in [0.2, 0.25) is 0 Å². The highest BCUT2D eigenvalue weighted by Crippen LogP contribution is 2.13. The summed E-state index contributed by atoms with van der Waals surface area (Å²) in [5.74, 6) is -1.02. The molecule has 0 fully saturated rings. The van der Waals surface area contributed by atoms with Crippen LogP contribution in [0.3, 0.4) is 0 Å². The van der Waals surface area contributed by atoms with Crippen molar-refractivity contribution in [3.8, 4) is 0 Å². The fourth-order valence-corrected chi connectivity index (χ4v) is 1.65. The molecule has 2 rings (SSSR count). The Morgan fingerprint density at radius 3 is 2.62 bits per heavy atom. The number of halogens is 1. The number of aromatic carboxylic acids is 1. The molecule has 2 aromatic rings. The minimum absolute atomic E-state index is 0.0483. The summed E-state index contributed by atoms with van der Waals surface area (Å²) in [6.45, 7) is 0. The van der Waals surface area contributed by atoms with E-state index in [1.165, 1.54) is 0 Å². The van der Waals surface area contributed by atoms with Crippen LogP contribution in [0.5, 0.6) is 0 Å². The summed E-state index contributed by atoms with van der Waals surface area (Å²) in [5.41, 5.74) is 1.94. The molecule has 0 atom stereocenters. The number of carboxylic acid groups (broad SMARTS) is 1. The minimum Gasteiger partial charge on any atom is -0.476 e. The van der Waals surface area contributed by atoms with E-state index in [4.69, 9.17) is 5.11 Å². The molecule has 0 aliphatic carbocycles. The number of nitrogens with zero attached hydrogens (tertiary/aromatic N) is 1. The number of aromatic nitrogens is 2. The van der Waals surface area contributed by atoms with Crippen molar-refractivity contribution in [1.82, 2.24) is 10.2 Å². The van der Waals surface area contributed by atoms with Crippen LogP contribution in [-0.2, 0) is 6.42 Å². The van der Waals surface area contributed by atoms with Crippen molar-refractivity contribution >= 4 is 21.9 Å². The smallest absolute Gasteiger partial charge is 0.356 e. The van der Waals surface area contributed by atoms with Crippen molar-refractivity contribution in [2.24, 2.45) is 0 Å². The molecule has 0 saturated carbocycles. The highest BCUT2D eigenvalue weighted by Gasteiger charge is 2.08. The van der Waals surface area contributed by atoms with Crippen LogP contribution in [0, 0.1) is 0 Å². The van der Waals surface area contributed by atoms with Crippen LogP contribution >= 0.6 is 15.9 Å². The maximum absolute atomic E-state index is 10.6. The second-order valence-corrected chi connectivity index (χ2v) is 4.30. The Morgan fingerprint density at radius 1 is 1.38 bits per heavy atom. The van der Waals surface area contributed by atoms with Gasteiger partial charge in [0.15, 0.2) is 5.69 Å². The molecular weight excluding hydrogens is 272 g/mol. The first-order chi connectivity index (χ1) is 7.65. The summed E-state index contributed by atoms with van der Waals surface area (Å²) in [6, 6.07) is 9.40. The normalized spacial score (nSPS) is 10.3. The maximum atomic E-state index is 10.6. The van der Waals surface area contributed by atoms with Gasteiger partial charge in [-0.05, 0) is 23.8 Å². The highest BCUT2D eigenvalue weighted by molar-refractivity contribution is 9.10. The van der Waals surface area contributed by atoms with Gasteiger partial charge in [-0.3, -0.25) is 5.10 Å². The first-order valence-corrected chi connectivity index (χ1v) is 5.46. The lowest BCUT2D eigenvalue weighted by atomic mass is 10.1. The van der Waals surface area contributed by atoms with Crippen molar-refractivity contribution < 1.29 is 9.90 Å². The predicted octanol–water partition coefficient (Wildman–Crippen LogP) is 2.46. The van der Waals surface area contributed by atoms with Crippen LogP contribution in [0.2, 0.25) is 0 Å².